The Bertz CT molecular complexity index is 892. The SMILES string of the molecule is Cc1nnnn1C(Cc1ccc(F)cc1)c1nc(C2CNCCN2C)no1. The summed E-state index contributed by atoms with van der Waals surface area (Å²) in [4.78, 5) is 6.84. The van der Waals surface area contributed by atoms with Crippen LogP contribution in [0.2, 0.25) is 0 Å². The van der Waals surface area contributed by atoms with Crippen molar-refractivity contribution in [2.45, 2.75) is 25.4 Å². The molecule has 0 aliphatic carbocycles. The summed E-state index contributed by atoms with van der Waals surface area (Å²) >= 11 is 0. The van der Waals surface area contributed by atoms with Gasteiger partial charge in [-0.3, -0.25) is 4.90 Å². The Morgan fingerprint density at radius 3 is 2.85 bits per heavy atom. The van der Waals surface area contributed by atoms with Crippen molar-refractivity contribution >= 4 is 0 Å². The molecule has 0 radical (unpaired) electrons. The second kappa shape index (κ2) is 7.49. The van der Waals surface area contributed by atoms with Crippen molar-refractivity contribution in [2.75, 3.05) is 26.7 Å². The van der Waals surface area contributed by atoms with Crippen LogP contribution in [0.5, 0.6) is 0 Å². The molecule has 2 atom stereocenters. The number of aromatic nitrogens is 6. The molecule has 0 spiro atoms. The summed E-state index contributed by atoms with van der Waals surface area (Å²) in [5.74, 6) is 1.43. The highest BCUT2D eigenvalue weighted by Gasteiger charge is 2.29. The van der Waals surface area contributed by atoms with E-state index in [0.29, 0.717) is 24.0 Å². The van der Waals surface area contributed by atoms with E-state index < -0.39 is 0 Å². The van der Waals surface area contributed by atoms with E-state index in [1.807, 2.05) is 14.0 Å². The number of hydrogen-bond donors (Lipinski definition) is 1. The Labute approximate surface area is 155 Å². The summed E-state index contributed by atoms with van der Waals surface area (Å²) in [5.41, 5.74) is 0.924. The number of likely N-dealkylation sites (N-methyl/N-ethyl adjacent to an activating group) is 1. The molecule has 3 aromatic rings. The van der Waals surface area contributed by atoms with Gasteiger partial charge in [-0.1, -0.05) is 17.3 Å². The average Bonchev–Trinajstić information content (AvgIpc) is 3.31. The van der Waals surface area contributed by atoms with Crippen LogP contribution >= 0.6 is 0 Å². The molecular weight excluding hydrogens is 351 g/mol. The Morgan fingerprint density at radius 2 is 2.15 bits per heavy atom. The molecule has 2 aromatic heterocycles. The van der Waals surface area contributed by atoms with E-state index in [-0.39, 0.29) is 17.9 Å². The number of aryl methyl sites for hydroxylation is 1. The van der Waals surface area contributed by atoms with Gasteiger partial charge in [-0.05, 0) is 42.1 Å². The minimum absolute atomic E-state index is 0.0534. The summed E-state index contributed by atoms with van der Waals surface area (Å²) in [6, 6.07) is 6.02. The molecule has 10 heteroatoms. The minimum Gasteiger partial charge on any atom is -0.337 e. The van der Waals surface area contributed by atoms with Gasteiger partial charge in [0.25, 0.3) is 5.89 Å². The maximum absolute atomic E-state index is 13.2. The van der Waals surface area contributed by atoms with Crippen molar-refractivity contribution in [1.82, 2.24) is 40.6 Å². The summed E-state index contributed by atoms with van der Waals surface area (Å²) in [5, 5.41) is 19.3. The van der Waals surface area contributed by atoms with Crippen LogP contribution in [0.15, 0.2) is 28.8 Å². The van der Waals surface area contributed by atoms with E-state index in [2.05, 4.69) is 35.9 Å². The molecule has 1 aliphatic rings. The largest absolute Gasteiger partial charge is 0.337 e. The van der Waals surface area contributed by atoms with Crippen molar-refractivity contribution < 1.29 is 8.91 Å². The lowest BCUT2D eigenvalue weighted by Crippen LogP contribution is -2.44. The predicted molar refractivity (Wildman–Crippen MR) is 93.3 cm³/mol. The molecule has 142 valence electrons. The van der Waals surface area contributed by atoms with Crippen molar-refractivity contribution in [2.24, 2.45) is 0 Å². The second-order valence-electron chi connectivity index (χ2n) is 6.71. The van der Waals surface area contributed by atoms with Crippen LogP contribution in [-0.4, -0.2) is 61.9 Å². The number of piperazine rings is 1. The third-order valence-electron chi connectivity index (χ3n) is 4.85. The number of nitrogens with zero attached hydrogens (tertiary/aromatic N) is 7. The van der Waals surface area contributed by atoms with Gasteiger partial charge in [-0.25, -0.2) is 9.07 Å². The van der Waals surface area contributed by atoms with Gasteiger partial charge in [0.05, 0.1) is 6.04 Å². The van der Waals surface area contributed by atoms with Gasteiger partial charge in [0.15, 0.2) is 5.82 Å². The number of nitrogens with one attached hydrogen (secondary N) is 1. The Kier molecular flexibility index (Phi) is 4.90. The molecule has 1 saturated heterocycles. The number of tetrazole rings is 1. The van der Waals surface area contributed by atoms with Crippen molar-refractivity contribution in [3.63, 3.8) is 0 Å². The normalized spacial score (nSPS) is 19.3. The van der Waals surface area contributed by atoms with Gasteiger partial charge in [-0.2, -0.15) is 4.98 Å². The van der Waals surface area contributed by atoms with E-state index in [1.165, 1.54) is 12.1 Å². The zero-order valence-corrected chi connectivity index (χ0v) is 15.2. The summed E-state index contributed by atoms with van der Waals surface area (Å²) in [6.45, 7) is 4.43. The van der Waals surface area contributed by atoms with Gasteiger partial charge in [0.2, 0.25) is 0 Å². The van der Waals surface area contributed by atoms with Gasteiger partial charge in [0, 0.05) is 26.1 Å². The predicted octanol–water partition coefficient (Wildman–Crippen LogP) is 0.912. The second-order valence-corrected chi connectivity index (χ2v) is 6.71. The van der Waals surface area contributed by atoms with E-state index in [1.54, 1.807) is 16.8 Å². The standard InChI is InChI=1S/C17H21FN8O/c1-11-21-23-24-26(11)14(9-12-3-5-13(18)6-4-12)17-20-16(22-27-17)15-10-19-7-8-25(15)2/h3-6,14-15,19H,7-10H2,1-2H3. The molecule has 1 aromatic carbocycles. The first kappa shape index (κ1) is 17.7. The molecule has 0 amide bonds. The molecule has 27 heavy (non-hydrogen) atoms. The zero-order valence-electron chi connectivity index (χ0n) is 15.2. The van der Waals surface area contributed by atoms with Gasteiger partial charge >= 0.3 is 0 Å². The Balaban J connectivity index is 1.64. The summed E-state index contributed by atoms with van der Waals surface area (Å²) in [7, 11) is 2.04. The highest BCUT2D eigenvalue weighted by Crippen LogP contribution is 2.25. The number of hydrogen-bond acceptors (Lipinski definition) is 8. The fourth-order valence-corrected chi connectivity index (χ4v) is 3.26. The van der Waals surface area contributed by atoms with Crippen LogP contribution in [0.1, 0.15) is 35.2 Å². The van der Waals surface area contributed by atoms with Crippen LogP contribution in [-0.2, 0) is 6.42 Å². The molecule has 2 unspecified atom stereocenters. The molecule has 3 heterocycles. The van der Waals surface area contributed by atoms with E-state index >= 15 is 0 Å². The number of rotatable bonds is 5. The molecule has 1 N–H and O–H groups in total. The zero-order chi connectivity index (χ0) is 18.8. The van der Waals surface area contributed by atoms with Crippen LogP contribution < -0.4 is 5.32 Å². The highest BCUT2D eigenvalue weighted by molar-refractivity contribution is 5.19. The van der Waals surface area contributed by atoms with Crippen LogP contribution in [0.3, 0.4) is 0 Å². The van der Waals surface area contributed by atoms with Crippen LogP contribution in [0.25, 0.3) is 0 Å². The lowest BCUT2D eigenvalue weighted by atomic mass is 10.1. The molecule has 0 bridgehead atoms. The fourth-order valence-electron chi connectivity index (χ4n) is 3.26. The first-order chi connectivity index (χ1) is 13.1. The lowest BCUT2D eigenvalue weighted by molar-refractivity contribution is 0.190. The maximum Gasteiger partial charge on any atom is 0.252 e. The third kappa shape index (κ3) is 3.71. The highest BCUT2D eigenvalue weighted by atomic mass is 19.1. The van der Waals surface area contributed by atoms with Gasteiger partial charge < -0.3 is 9.84 Å². The smallest absolute Gasteiger partial charge is 0.252 e. The first-order valence-electron chi connectivity index (χ1n) is 8.85. The number of benzene rings is 1. The molecular formula is C17H21FN8O. The molecule has 9 nitrogen and oxygen atoms in total. The third-order valence-corrected chi connectivity index (χ3v) is 4.85. The molecule has 4 rings (SSSR count). The summed E-state index contributed by atoms with van der Waals surface area (Å²) < 4.78 is 20.5. The maximum atomic E-state index is 13.2. The van der Waals surface area contributed by atoms with Crippen molar-refractivity contribution in [3.8, 4) is 0 Å². The van der Waals surface area contributed by atoms with Gasteiger partial charge in [-0.15, -0.1) is 5.10 Å². The minimum atomic E-state index is -0.367. The molecule has 0 saturated carbocycles. The monoisotopic (exact) mass is 372 g/mol. The van der Waals surface area contributed by atoms with Crippen molar-refractivity contribution in [3.05, 3.63) is 53.2 Å². The van der Waals surface area contributed by atoms with Gasteiger partial charge in [0.1, 0.15) is 17.7 Å². The fraction of sp³-hybridized carbons (Fsp3) is 0.471. The molecule has 1 fully saturated rings. The number of halogens is 1. The quantitative estimate of drug-likeness (QED) is 0.706. The topological polar surface area (TPSA) is 97.8 Å². The first-order valence-corrected chi connectivity index (χ1v) is 8.85. The average molecular weight is 372 g/mol. The van der Waals surface area contributed by atoms with E-state index in [4.69, 9.17) is 4.52 Å². The van der Waals surface area contributed by atoms with E-state index in [0.717, 1.165) is 25.2 Å². The molecule has 1 aliphatic heterocycles. The summed E-state index contributed by atoms with van der Waals surface area (Å²) in [6.07, 6.45) is 0.506. The van der Waals surface area contributed by atoms with Crippen LogP contribution in [0, 0.1) is 12.7 Å². The van der Waals surface area contributed by atoms with Crippen LogP contribution in [0.4, 0.5) is 4.39 Å². The Hall–Kier alpha value is -2.72. The lowest BCUT2D eigenvalue weighted by Gasteiger charge is -2.30. The van der Waals surface area contributed by atoms with E-state index in [9.17, 15) is 4.39 Å². The van der Waals surface area contributed by atoms with Crippen molar-refractivity contribution in [1.29, 1.82) is 0 Å². The Morgan fingerprint density at radius 1 is 1.33 bits per heavy atom.